The molecule has 0 aliphatic heterocycles. The van der Waals surface area contributed by atoms with E-state index in [1.165, 1.54) is 0 Å². The van der Waals surface area contributed by atoms with Gasteiger partial charge < -0.3 is 5.32 Å². The van der Waals surface area contributed by atoms with Crippen LogP contribution in [0.5, 0.6) is 0 Å². The van der Waals surface area contributed by atoms with Gasteiger partial charge in [-0.1, -0.05) is 13.8 Å². The van der Waals surface area contributed by atoms with Crippen LogP contribution in [0.4, 0.5) is 0 Å². The first kappa shape index (κ1) is 15.2. The third-order valence-corrected chi connectivity index (χ3v) is 3.48. The second-order valence-electron chi connectivity index (χ2n) is 6.44. The number of hydrogen-bond donors (Lipinski definition) is 1. The highest BCUT2D eigenvalue weighted by Gasteiger charge is 2.26. The zero-order valence-electron chi connectivity index (χ0n) is 12.7. The van der Waals surface area contributed by atoms with Gasteiger partial charge in [0.1, 0.15) is 12.2 Å². The molecule has 1 atom stereocenters. The molecule has 1 aromatic rings. The number of aryl methyl sites for hydroxylation is 1. The topological polar surface area (TPSA) is 42.7 Å². The highest BCUT2D eigenvalue weighted by atomic mass is 15.3. The van der Waals surface area contributed by atoms with Crippen LogP contribution in [0.1, 0.15) is 53.8 Å². The van der Waals surface area contributed by atoms with Crippen molar-refractivity contribution in [2.75, 3.05) is 6.54 Å². The van der Waals surface area contributed by atoms with Crippen molar-refractivity contribution >= 4 is 0 Å². The molecule has 0 fully saturated rings. The fraction of sp³-hybridized carbons (Fsp3) is 0.857. The van der Waals surface area contributed by atoms with Crippen LogP contribution in [0.25, 0.3) is 0 Å². The molecule has 0 aliphatic carbocycles. The van der Waals surface area contributed by atoms with Crippen molar-refractivity contribution in [1.82, 2.24) is 20.1 Å². The lowest BCUT2D eigenvalue weighted by molar-refractivity contribution is 0.247. The SMILES string of the molecule is CCn1ncnc1CC(C)(CC)CNC(C)(C)C. The summed E-state index contributed by atoms with van der Waals surface area (Å²) < 4.78 is 1.99. The lowest BCUT2D eigenvalue weighted by atomic mass is 9.83. The van der Waals surface area contributed by atoms with E-state index < -0.39 is 0 Å². The van der Waals surface area contributed by atoms with Crippen molar-refractivity contribution in [3.8, 4) is 0 Å². The Bertz CT molecular complexity index is 364. The smallest absolute Gasteiger partial charge is 0.138 e. The van der Waals surface area contributed by atoms with Crippen molar-refractivity contribution in [1.29, 1.82) is 0 Å². The van der Waals surface area contributed by atoms with Gasteiger partial charge in [-0.3, -0.25) is 4.68 Å². The van der Waals surface area contributed by atoms with Crippen LogP contribution < -0.4 is 5.32 Å². The quantitative estimate of drug-likeness (QED) is 0.846. The first-order valence-corrected chi connectivity index (χ1v) is 6.91. The molecule has 0 amide bonds. The van der Waals surface area contributed by atoms with Crippen LogP contribution in [0.3, 0.4) is 0 Å². The van der Waals surface area contributed by atoms with Gasteiger partial charge in [0, 0.05) is 25.0 Å². The molecule has 0 radical (unpaired) electrons. The third kappa shape index (κ3) is 4.41. The van der Waals surface area contributed by atoms with E-state index in [0.717, 1.165) is 31.8 Å². The van der Waals surface area contributed by atoms with Crippen molar-refractivity contribution in [3.63, 3.8) is 0 Å². The molecule has 0 spiro atoms. The third-order valence-electron chi connectivity index (χ3n) is 3.48. The average Bonchev–Trinajstić information content (AvgIpc) is 2.73. The van der Waals surface area contributed by atoms with E-state index in [9.17, 15) is 0 Å². The molecule has 0 saturated carbocycles. The van der Waals surface area contributed by atoms with Gasteiger partial charge >= 0.3 is 0 Å². The first-order valence-electron chi connectivity index (χ1n) is 6.91. The summed E-state index contributed by atoms with van der Waals surface area (Å²) in [4.78, 5) is 4.39. The van der Waals surface area contributed by atoms with E-state index in [1.807, 2.05) is 4.68 Å². The van der Waals surface area contributed by atoms with Crippen molar-refractivity contribution in [3.05, 3.63) is 12.2 Å². The Morgan fingerprint density at radius 3 is 2.39 bits per heavy atom. The predicted octanol–water partition coefficient (Wildman–Crippen LogP) is 2.64. The highest BCUT2D eigenvalue weighted by Crippen LogP contribution is 2.25. The van der Waals surface area contributed by atoms with Crippen LogP contribution >= 0.6 is 0 Å². The summed E-state index contributed by atoms with van der Waals surface area (Å²) in [5.74, 6) is 1.09. The first-order chi connectivity index (χ1) is 8.29. The van der Waals surface area contributed by atoms with Crippen molar-refractivity contribution in [2.24, 2.45) is 5.41 Å². The molecule has 18 heavy (non-hydrogen) atoms. The number of hydrogen-bond acceptors (Lipinski definition) is 3. The Balaban J connectivity index is 2.70. The Hall–Kier alpha value is -0.900. The van der Waals surface area contributed by atoms with Crippen LogP contribution in [0, 0.1) is 5.41 Å². The minimum atomic E-state index is 0.162. The average molecular weight is 252 g/mol. The van der Waals surface area contributed by atoms with Crippen molar-refractivity contribution in [2.45, 2.75) is 66.5 Å². The maximum atomic E-state index is 4.39. The van der Waals surface area contributed by atoms with E-state index in [2.05, 4.69) is 56.9 Å². The number of nitrogens with zero attached hydrogens (tertiary/aromatic N) is 3. The molecule has 0 aliphatic rings. The molecule has 1 rings (SSSR count). The summed E-state index contributed by atoms with van der Waals surface area (Å²) in [7, 11) is 0. The van der Waals surface area contributed by atoms with Gasteiger partial charge in [0.15, 0.2) is 0 Å². The van der Waals surface area contributed by atoms with E-state index in [1.54, 1.807) is 6.33 Å². The van der Waals surface area contributed by atoms with Gasteiger partial charge in [-0.25, -0.2) is 4.98 Å². The summed E-state index contributed by atoms with van der Waals surface area (Å²) in [6, 6.07) is 0. The summed E-state index contributed by atoms with van der Waals surface area (Å²) in [5, 5.41) is 7.85. The van der Waals surface area contributed by atoms with Crippen molar-refractivity contribution < 1.29 is 0 Å². The predicted molar refractivity (Wildman–Crippen MR) is 75.6 cm³/mol. The molecule has 104 valence electrons. The summed E-state index contributed by atoms with van der Waals surface area (Å²) in [6.07, 6.45) is 3.76. The molecule has 1 aromatic heterocycles. The maximum Gasteiger partial charge on any atom is 0.138 e. The van der Waals surface area contributed by atoms with E-state index in [0.29, 0.717) is 0 Å². The fourth-order valence-electron chi connectivity index (χ4n) is 1.86. The molecule has 0 saturated heterocycles. The van der Waals surface area contributed by atoms with Crippen LogP contribution in [-0.4, -0.2) is 26.8 Å². The number of aromatic nitrogens is 3. The molecular weight excluding hydrogens is 224 g/mol. The fourth-order valence-corrected chi connectivity index (χ4v) is 1.86. The Morgan fingerprint density at radius 1 is 1.22 bits per heavy atom. The largest absolute Gasteiger partial charge is 0.312 e. The second kappa shape index (κ2) is 5.83. The minimum absolute atomic E-state index is 0.162. The summed E-state index contributed by atoms with van der Waals surface area (Å²) in [5.41, 5.74) is 0.391. The summed E-state index contributed by atoms with van der Waals surface area (Å²) in [6.45, 7) is 15.2. The van der Waals surface area contributed by atoms with Crippen LogP contribution in [0.15, 0.2) is 6.33 Å². The van der Waals surface area contributed by atoms with Gasteiger partial charge in [-0.05, 0) is 39.5 Å². The van der Waals surface area contributed by atoms with Gasteiger partial charge in [0.2, 0.25) is 0 Å². The van der Waals surface area contributed by atoms with Gasteiger partial charge in [-0.15, -0.1) is 0 Å². The number of nitrogens with one attached hydrogen (secondary N) is 1. The monoisotopic (exact) mass is 252 g/mol. The Kier molecular flexibility index (Phi) is 4.91. The van der Waals surface area contributed by atoms with Crippen LogP contribution in [-0.2, 0) is 13.0 Å². The maximum absolute atomic E-state index is 4.39. The lowest BCUT2D eigenvalue weighted by Crippen LogP contribution is -2.43. The Labute approximate surface area is 111 Å². The normalized spacial score (nSPS) is 15.7. The molecule has 1 N–H and O–H groups in total. The van der Waals surface area contributed by atoms with E-state index in [4.69, 9.17) is 0 Å². The minimum Gasteiger partial charge on any atom is -0.312 e. The molecule has 1 unspecified atom stereocenters. The molecule has 0 aromatic carbocycles. The zero-order chi connectivity index (χ0) is 13.8. The molecular formula is C14H28N4. The number of rotatable bonds is 6. The molecule has 1 heterocycles. The zero-order valence-corrected chi connectivity index (χ0v) is 12.7. The van der Waals surface area contributed by atoms with Gasteiger partial charge in [0.25, 0.3) is 0 Å². The lowest BCUT2D eigenvalue weighted by Gasteiger charge is -2.32. The second-order valence-corrected chi connectivity index (χ2v) is 6.44. The highest BCUT2D eigenvalue weighted by molar-refractivity contribution is 4.93. The van der Waals surface area contributed by atoms with Crippen LogP contribution in [0.2, 0.25) is 0 Å². The molecule has 0 bridgehead atoms. The van der Waals surface area contributed by atoms with Gasteiger partial charge in [0.05, 0.1) is 0 Å². The Morgan fingerprint density at radius 2 is 1.89 bits per heavy atom. The van der Waals surface area contributed by atoms with Gasteiger partial charge in [-0.2, -0.15) is 5.10 Å². The van der Waals surface area contributed by atoms with E-state index in [-0.39, 0.29) is 11.0 Å². The summed E-state index contributed by atoms with van der Waals surface area (Å²) >= 11 is 0. The molecule has 4 nitrogen and oxygen atoms in total. The molecule has 4 heteroatoms. The standard InChI is InChI=1S/C14H28N4/c1-7-14(6,10-16-13(3,4)5)9-12-15-11-17-18(12)8-2/h11,16H,7-10H2,1-6H3. The van der Waals surface area contributed by atoms with E-state index >= 15 is 0 Å².